The molecular formula is C17H23N7O2. The Labute approximate surface area is 151 Å². The fraction of sp³-hybridized carbons (Fsp3) is 0.588. The van der Waals surface area contributed by atoms with E-state index in [1.807, 2.05) is 11.0 Å². The van der Waals surface area contributed by atoms with E-state index < -0.39 is 11.2 Å². The van der Waals surface area contributed by atoms with Crippen LogP contribution in [0.15, 0.2) is 15.9 Å². The summed E-state index contributed by atoms with van der Waals surface area (Å²) in [6.45, 7) is 5.48. The minimum atomic E-state index is -0.549. The Morgan fingerprint density at radius 2 is 1.85 bits per heavy atom. The van der Waals surface area contributed by atoms with Gasteiger partial charge in [-0.15, -0.1) is 10.2 Å². The minimum Gasteiger partial charge on any atom is -0.357 e. The Bertz CT molecular complexity index is 968. The SMILES string of the molecule is CC(C)n1cnnc1C1CCN(c2c(C#N)c(=O)n(C)c(=O)n2C)CC1. The molecule has 0 amide bonds. The summed E-state index contributed by atoms with van der Waals surface area (Å²) in [5, 5.41) is 17.8. The normalized spacial score (nSPS) is 15.5. The first kappa shape index (κ1) is 17.9. The molecule has 9 nitrogen and oxygen atoms in total. The van der Waals surface area contributed by atoms with Crippen molar-refractivity contribution in [3.8, 4) is 6.07 Å². The van der Waals surface area contributed by atoms with Gasteiger partial charge in [0.1, 0.15) is 24.0 Å². The molecule has 0 spiro atoms. The average molecular weight is 357 g/mol. The quantitative estimate of drug-likeness (QED) is 0.793. The van der Waals surface area contributed by atoms with Crippen LogP contribution in [-0.4, -0.2) is 37.0 Å². The van der Waals surface area contributed by atoms with Gasteiger partial charge in [-0.3, -0.25) is 13.9 Å². The number of nitriles is 1. The summed E-state index contributed by atoms with van der Waals surface area (Å²) in [5.74, 6) is 1.65. The summed E-state index contributed by atoms with van der Waals surface area (Å²) < 4.78 is 4.44. The molecule has 1 aliphatic heterocycles. The summed E-state index contributed by atoms with van der Waals surface area (Å²) in [7, 11) is 2.99. The highest BCUT2D eigenvalue weighted by Crippen LogP contribution is 2.30. The highest BCUT2D eigenvalue weighted by molar-refractivity contribution is 5.53. The molecule has 0 aromatic carbocycles. The predicted octanol–water partition coefficient (Wildman–Crippen LogP) is 0.512. The molecule has 0 saturated carbocycles. The number of rotatable bonds is 3. The third-order valence-electron chi connectivity index (χ3n) is 5.06. The maximum absolute atomic E-state index is 12.3. The summed E-state index contributed by atoms with van der Waals surface area (Å²) in [6, 6.07) is 2.26. The number of piperidine rings is 1. The average Bonchev–Trinajstić information content (AvgIpc) is 3.13. The van der Waals surface area contributed by atoms with Crippen molar-refractivity contribution in [2.45, 2.75) is 38.6 Å². The van der Waals surface area contributed by atoms with Gasteiger partial charge in [0, 0.05) is 39.1 Å². The Kier molecular flexibility index (Phi) is 4.68. The second-order valence-electron chi connectivity index (χ2n) is 6.97. The largest absolute Gasteiger partial charge is 0.357 e. The Morgan fingerprint density at radius 1 is 1.19 bits per heavy atom. The lowest BCUT2D eigenvalue weighted by Gasteiger charge is -2.34. The molecule has 3 rings (SSSR count). The minimum absolute atomic E-state index is 0.0124. The van der Waals surface area contributed by atoms with E-state index in [0.717, 1.165) is 23.2 Å². The van der Waals surface area contributed by atoms with Crippen molar-refractivity contribution in [1.29, 1.82) is 5.26 Å². The number of nitrogens with zero attached hydrogens (tertiary/aromatic N) is 7. The molecule has 1 fully saturated rings. The lowest BCUT2D eigenvalue weighted by atomic mass is 9.95. The van der Waals surface area contributed by atoms with Gasteiger partial charge in [-0.2, -0.15) is 5.26 Å². The number of hydrogen-bond acceptors (Lipinski definition) is 6. The van der Waals surface area contributed by atoms with Crippen molar-refractivity contribution in [3.63, 3.8) is 0 Å². The number of anilines is 1. The van der Waals surface area contributed by atoms with Crippen molar-refractivity contribution in [1.82, 2.24) is 23.9 Å². The molecule has 0 bridgehead atoms. The molecule has 26 heavy (non-hydrogen) atoms. The molecule has 0 unspecified atom stereocenters. The van der Waals surface area contributed by atoms with Crippen LogP contribution in [0.25, 0.3) is 0 Å². The Balaban J connectivity index is 1.90. The van der Waals surface area contributed by atoms with E-state index in [9.17, 15) is 14.9 Å². The van der Waals surface area contributed by atoms with Crippen molar-refractivity contribution in [3.05, 3.63) is 38.6 Å². The standard InChI is InChI=1S/C17H23N7O2/c1-11(2)24-10-19-20-14(24)12-5-7-23(8-6-12)15-13(9-18)16(25)22(4)17(26)21(15)3/h10-12H,5-8H2,1-4H3. The van der Waals surface area contributed by atoms with Crippen LogP contribution in [0.1, 0.15) is 50.0 Å². The molecule has 1 aliphatic rings. The zero-order chi connectivity index (χ0) is 19.0. The van der Waals surface area contributed by atoms with Gasteiger partial charge in [-0.25, -0.2) is 4.79 Å². The van der Waals surface area contributed by atoms with E-state index in [4.69, 9.17) is 0 Å². The van der Waals surface area contributed by atoms with Crippen LogP contribution in [0.5, 0.6) is 0 Å². The van der Waals surface area contributed by atoms with Crippen LogP contribution in [-0.2, 0) is 14.1 Å². The van der Waals surface area contributed by atoms with Gasteiger partial charge in [0.2, 0.25) is 0 Å². The highest BCUT2D eigenvalue weighted by Gasteiger charge is 2.28. The maximum atomic E-state index is 12.3. The van der Waals surface area contributed by atoms with Crippen LogP contribution >= 0.6 is 0 Å². The van der Waals surface area contributed by atoms with E-state index >= 15 is 0 Å². The molecule has 0 aliphatic carbocycles. The van der Waals surface area contributed by atoms with Crippen LogP contribution in [0, 0.1) is 11.3 Å². The molecule has 0 N–H and O–H groups in total. The van der Waals surface area contributed by atoms with Gasteiger partial charge in [0.25, 0.3) is 5.56 Å². The van der Waals surface area contributed by atoms with E-state index in [-0.39, 0.29) is 11.5 Å². The lowest BCUT2D eigenvalue weighted by Crippen LogP contribution is -2.44. The zero-order valence-corrected chi connectivity index (χ0v) is 15.5. The second-order valence-corrected chi connectivity index (χ2v) is 6.97. The lowest BCUT2D eigenvalue weighted by molar-refractivity contribution is 0.444. The molecule has 0 radical (unpaired) electrons. The van der Waals surface area contributed by atoms with E-state index in [2.05, 4.69) is 28.6 Å². The Morgan fingerprint density at radius 3 is 2.42 bits per heavy atom. The zero-order valence-electron chi connectivity index (χ0n) is 15.5. The molecule has 3 heterocycles. The third kappa shape index (κ3) is 2.81. The first-order valence-electron chi connectivity index (χ1n) is 8.71. The summed E-state index contributed by atoms with van der Waals surface area (Å²) in [4.78, 5) is 26.5. The molecule has 9 heteroatoms. The first-order valence-corrected chi connectivity index (χ1v) is 8.71. The summed E-state index contributed by atoms with van der Waals surface area (Å²) in [6.07, 6.45) is 3.39. The Hall–Kier alpha value is -2.89. The van der Waals surface area contributed by atoms with Gasteiger partial charge in [0.15, 0.2) is 5.56 Å². The van der Waals surface area contributed by atoms with Gasteiger partial charge in [0.05, 0.1) is 0 Å². The fourth-order valence-corrected chi connectivity index (χ4v) is 3.59. The second kappa shape index (κ2) is 6.78. The third-order valence-corrected chi connectivity index (χ3v) is 5.06. The molecule has 0 atom stereocenters. The monoisotopic (exact) mass is 357 g/mol. The van der Waals surface area contributed by atoms with Gasteiger partial charge in [-0.05, 0) is 26.7 Å². The molecule has 2 aromatic heterocycles. The van der Waals surface area contributed by atoms with Crippen LogP contribution in [0.2, 0.25) is 0 Å². The molecule has 138 valence electrons. The van der Waals surface area contributed by atoms with Crippen molar-refractivity contribution in [2.75, 3.05) is 18.0 Å². The highest BCUT2D eigenvalue weighted by atomic mass is 16.2. The molecule has 2 aromatic rings. The summed E-state index contributed by atoms with van der Waals surface area (Å²) >= 11 is 0. The van der Waals surface area contributed by atoms with E-state index in [1.165, 1.54) is 11.6 Å². The fourth-order valence-electron chi connectivity index (χ4n) is 3.59. The smallest absolute Gasteiger partial charge is 0.332 e. The molecule has 1 saturated heterocycles. The van der Waals surface area contributed by atoms with Crippen molar-refractivity contribution >= 4 is 5.82 Å². The predicted molar refractivity (Wildman–Crippen MR) is 96.2 cm³/mol. The van der Waals surface area contributed by atoms with Crippen LogP contribution < -0.4 is 16.1 Å². The maximum Gasteiger partial charge on any atom is 0.332 e. The molecular weight excluding hydrogens is 334 g/mol. The van der Waals surface area contributed by atoms with Gasteiger partial charge < -0.3 is 9.47 Å². The van der Waals surface area contributed by atoms with Crippen LogP contribution in [0.3, 0.4) is 0 Å². The van der Waals surface area contributed by atoms with E-state index in [0.29, 0.717) is 24.9 Å². The summed E-state index contributed by atoms with van der Waals surface area (Å²) in [5.41, 5.74) is -0.962. The van der Waals surface area contributed by atoms with Crippen molar-refractivity contribution in [2.24, 2.45) is 14.1 Å². The van der Waals surface area contributed by atoms with Gasteiger partial charge in [-0.1, -0.05) is 0 Å². The van der Waals surface area contributed by atoms with E-state index in [1.54, 1.807) is 13.4 Å². The number of hydrogen-bond donors (Lipinski definition) is 0. The number of aromatic nitrogens is 5. The topological polar surface area (TPSA) is 102 Å². The van der Waals surface area contributed by atoms with Gasteiger partial charge >= 0.3 is 5.69 Å². The van der Waals surface area contributed by atoms with Crippen molar-refractivity contribution < 1.29 is 0 Å². The van der Waals surface area contributed by atoms with Crippen LogP contribution in [0.4, 0.5) is 5.82 Å². The first-order chi connectivity index (χ1) is 12.4.